The number of amides is 4. The van der Waals surface area contributed by atoms with Gasteiger partial charge in [-0.2, -0.15) is 0 Å². The summed E-state index contributed by atoms with van der Waals surface area (Å²) in [5.41, 5.74) is 0. The molecule has 0 saturated carbocycles. The van der Waals surface area contributed by atoms with E-state index in [1.54, 1.807) is 0 Å². The molecule has 0 spiro atoms. The average molecular weight is 404 g/mol. The van der Waals surface area contributed by atoms with E-state index in [0.29, 0.717) is 17.6 Å². The van der Waals surface area contributed by atoms with Crippen molar-refractivity contribution in [2.45, 2.75) is 57.9 Å². The van der Waals surface area contributed by atoms with Crippen molar-refractivity contribution in [1.82, 2.24) is 20.6 Å². The van der Waals surface area contributed by atoms with Crippen molar-refractivity contribution in [3.05, 3.63) is 0 Å². The van der Waals surface area contributed by atoms with Gasteiger partial charge in [0, 0.05) is 38.4 Å². The van der Waals surface area contributed by atoms with Crippen molar-refractivity contribution in [3.63, 3.8) is 0 Å². The first kappa shape index (κ1) is 21.8. The Bertz CT molecular complexity index is 607. The molecule has 0 aliphatic carbocycles. The number of nitrogens with one attached hydrogen (secondary N) is 2. The highest BCUT2D eigenvalue weighted by atomic mass is 16.7. The highest BCUT2D eigenvalue weighted by molar-refractivity contribution is 6.01. The predicted octanol–water partition coefficient (Wildman–Crippen LogP) is -0.519. The van der Waals surface area contributed by atoms with Crippen LogP contribution in [0.15, 0.2) is 0 Å². The van der Waals surface area contributed by atoms with E-state index in [-0.39, 0.29) is 50.6 Å². The van der Waals surface area contributed by atoms with Crippen molar-refractivity contribution in [2.24, 2.45) is 0 Å². The van der Waals surface area contributed by atoms with Gasteiger partial charge in [0.2, 0.25) is 11.8 Å². The molecule has 4 amide bonds. The number of imide groups is 1. The molecule has 2 saturated heterocycles. The summed E-state index contributed by atoms with van der Waals surface area (Å²) in [6.07, 6.45) is 3.25. The maximum Gasteiger partial charge on any atom is 0.334 e. The zero-order chi connectivity index (χ0) is 20.5. The molecule has 10 nitrogen and oxygen atoms in total. The van der Waals surface area contributed by atoms with Crippen LogP contribution in [0.3, 0.4) is 0 Å². The van der Waals surface area contributed by atoms with Crippen LogP contribution < -0.4 is 10.6 Å². The molecule has 0 aromatic rings. The second-order valence-electron chi connectivity index (χ2n) is 6.92. The van der Waals surface area contributed by atoms with Crippen molar-refractivity contribution < 1.29 is 28.8 Å². The van der Waals surface area contributed by atoms with E-state index in [2.05, 4.69) is 22.5 Å². The minimum absolute atomic E-state index is 0.0216. The van der Waals surface area contributed by atoms with Crippen LogP contribution in [0.2, 0.25) is 0 Å². The summed E-state index contributed by atoms with van der Waals surface area (Å²) < 4.78 is 0. The molecule has 2 rings (SSSR count). The fraction of sp³-hybridized carbons (Fsp3) is 0.722. The molecule has 2 heterocycles. The molecule has 0 radical (unpaired) electrons. The molecular weight excluding hydrogens is 376 g/mol. The largest absolute Gasteiger partial charge is 0.355 e. The fourth-order valence-electron chi connectivity index (χ4n) is 3.32. The lowest BCUT2D eigenvalue weighted by atomic mass is 10.3. The van der Waals surface area contributed by atoms with E-state index in [4.69, 9.17) is 4.84 Å². The molecule has 2 aliphatic rings. The number of nitrogens with zero attached hydrogens (tertiary/aromatic N) is 2. The number of carbonyl (C=O) groups excluding carboxylic acids is 5. The molecular formula is C18H28N4O6. The first-order chi connectivity index (χ1) is 13.4. The van der Waals surface area contributed by atoms with Gasteiger partial charge in [-0.25, -0.2) is 4.79 Å². The van der Waals surface area contributed by atoms with Crippen LogP contribution in [0.5, 0.6) is 0 Å². The third kappa shape index (κ3) is 6.59. The Morgan fingerprint density at radius 2 is 1.68 bits per heavy atom. The molecule has 0 bridgehead atoms. The molecule has 2 N–H and O–H groups in total. The lowest BCUT2D eigenvalue weighted by Gasteiger charge is -2.22. The summed E-state index contributed by atoms with van der Waals surface area (Å²) >= 11 is 0. The van der Waals surface area contributed by atoms with Gasteiger partial charge in [-0.1, -0.05) is 6.92 Å². The van der Waals surface area contributed by atoms with Gasteiger partial charge < -0.3 is 15.5 Å². The minimum Gasteiger partial charge on any atom is -0.355 e. The maximum atomic E-state index is 12.0. The smallest absolute Gasteiger partial charge is 0.334 e. The van der Waals surface area contributed by atoms with E-state index >= 15 is 0 Å². The van der Waals surface area contributed by atoms with Crippen molar-refractivity contribution in [2.75, 3.05) is 26.2 Å². The standard InChI is InChI=1S/C18H28N4O6/c1-2-13-4-3-11-21(13)12-15(24)20-9-7-14(23)19-10-8-18(27)28-22-16(25)5-6-17(22)26/h13H,2-12H2,1H3,(H,19,23)(H,20,24)/i2+1,3+1,4+1,11+1,12+1,13+1,15+1,21+1. The molecule has 28 heavy (non-hydrogen) atoms. The number of hydrogen-bond donors (Lipinski definition) is 2. The van der Waals surface area contributed by atoms with Crippen LogP contribution in [-0.2, 0) is 28.8 Å². The molecule has 1 atom stereocenters. The number of likely N-dealkylation sites (tertiary alicyclic amines) is 1. The van der Waals surface area contributed by atoms with Crippen molar-refractivity contribution in [3.8, 4) is 0 Å². The maximum absolute atomic E-state index is 12.0. The third-order valence-electron chi connectivity index (χ3n) is 4.84. The summed E-state index contributed by atoms with van der Waals surface area (Å²) in [4.78, 5) is 64.9. The van der Waals surface area contributed by atoms with Gasteiger partial charge in [0.1, 0.15) is 0 Å². The van der Waals surface area contributed by atoms with Gasteiger partial charge in [0.05, 0.1) is 13.0 Å². The second kappa shape index (κ2) is 10.7. The molecule has 2 fully saturated rings. The molecule has 10 heteroatoms. The fourth-order valence-corrected chi connectivity index (χ4v) is 3.32. The van der Waals surface area contributed by atoms with E-state index in [1.165, 1.54) is 0 Å². The first-order valence-corrected chi connectivity index (χ1v) is 9.74. The number of rotatable bonds is 10. The van der Waals surface area contributed by atoms with Crippen molar-refractivity contribution in [1.29, 1.82) is 0 Å². The predicted molar refractivity (Wildman–Crippen MR) is 97.3 cm³/mol. The highest BCUT2D eigenvalue weighted by Crippen LogP contribution is 2.18. The highest BCUT2D eigenvalue weighted by Gasteiger charge is 2.32. The van der Waals surface area contributed by atoms with Crippen LogP contribution in [-0.4, -0.2) is 71.8 Å². The van der Waals surface area contributed by atoms with Gasteiger partial charge >= 0.3 is 5.97 Å². The molecule has 0 aromatic carbocycles. The quantitative estimate of drug-likeness (QED) is 0.285. The average Bonchev–Trinajstić information content (AvgIpc) is 3.22. The van der Waals surface area contributed by atoms with Gasteiger partial charge in [0.15, 0.2) is 0 Å². The Balaban J connectivity index is 1.54. The normalized spacial score (nSPS) is 19.8. The Kier molecular flexibility index (Phi) is 8.37. The van der Waals surface area contributed by atoms with E-state index in [9.17, 15) is 24.0 Å². The summed E-state index contributed by atoms with van der Waals surface area (Å²) in [5.74, 6) is -2.27. The Labute approximate surface area is 163 Å². The van der Waals surface area contributed by atoms with E-state index < -0.39 is 17.8 Å². The third-order valence-corrected chi connectivity index (χ3v) is 4.84. The zero-order valence-electron chi connectivity index (χ0n) is 16.2. The summed E-state index contributed by atoms with van der Waals surface area (Å²) in [6.45, 7) is 3.63. The second-order valence-corrected chi connectivity index (χ2v) is 6.92. The SMILES string of the molecule is C[13CH2][13CH]1[13CH2][13CH2][13CH2][15N]1[13CH2][13C](=O)NCCC(=O)NCCC(=O)ON1C(=O)CCC1=O. The Morgan fingerprint density at radius 3 is 2.36 bits per heavy atom. The van der Waals surface area contributed by atoms with E-state index in [1.807, 2.05) is 0 Å². The summed E-state index contributed by atoms with van der Waals surface area (Å²) in [7, 11) is 0. The Hall–Kier alpha value is -2.49. The monoisotopic (exact) mass is 404 g/mol. The van der Waals surface area contributed by atoms with Gasteiger partial charge in [-0.3, -0.25) is 24.1 Å². The van der Waals surface area contributed by atoms with Crippen LogP contribution in [0.4, 0.5) is 0 Å². The van der Waals surface area contributed by atoms with Gasteiger partial charge in [-0.15, -0.1) is 5.06 Å². The lowest BCUT2D eigenvalue weighted by molar-refractivity contribution is -0.197. The Morgan fingerprint density at radius 1 is 1.04 bits per heavy atom. The van der Waals surface area contributed by atoms with Crippen LogP contribution in [0, 0.1) is 0 Å². The number of carbonyl (C=O) groups is 5. The molecule has 1 unspecified atom stereocenters. The lowest BCUT2D eigenvalue weighted by Crippen LogP contribution is -2.40. The zero-order valence-corrected chi connectivity index (χ0v) is 16.2. The van der Waals surface area contributed by atoms with Gasteiger partial charge in [0.25, 0.3) is 11.8 Å². The summed E-state index contributed by atoms with van der Waals surface area (Å²) in [6, 6.07) is 0.458. The molecule has 2 aliphatic heterocycles. The van der Waals surface area contributed by atoms with Crippen LogP contribution >= 0.6 is 0 Å². The van der Waals surface area contributed by atoms with Crippen LogP contribution in [0.25, 0.3) is 0 Å². The number of hydroxylamine groups is 2. The van der Waals surface area contributed by atoms with E-state index in [0.717, 1.165) is 25.8 Å². The number of hydrogen-bond acceptors (Lipinski definition) is 7. The summed E-state index contributed by atoms with van der Waals surface area (Å²) in [5, 5.41) is 5.74. The minimum atomic E-state index is -0.770. The van der Waals surface area contributed by atoms with Gasteiger partial charge in [-0.05, 0) is 25.8 Å². The first-order valence-electron chi connectivity index (χ1n) is 9.74. The van der Waals surface area contributed by atoms with Crippen molar-refractivity contribution >= 4 is 29.6 Å². The topological polar surface area (TPSA) is 125 Å². The molecule has 156 valence electrons. The van der Waals surface area contributed by atoms with Crippen LogP contribution in [0.1, 0.15) is 51.9 Å². The molecule has 0 aromatic heterocycles.